The maximum atomic E-state index is 12.3. The molecule has 1 heterocycles. The normalized spacial score (nSPS) is 10.7. The van der Waals surface area contributed by atoms with Crippen LogP contribution < -0.4 is 0 Å². The minimum absolute atomic E-state index is 0.367. The van der Waals surface area contributed by atoms with E-state index in [-0.39, 0.29) is 0 Å². The van der Waals surface area contributed by atoms with Crippen LogP contribution in [0.1, 0.15) is 29.0 Å². The van der Waals surface area contributed by atoms with Gasteiger partial charge in [0.2, 0.25) is 0 Å². The van der Waals surface area contributed by atoms with Crippen LogP contribution in [0.15, 0.2) is 36.4 Å². The minimum Gasteiger partial charge on any atom is -0.385 e. The molecule has 122 valence electrons. The quantitative estimate of drug-likeness (QED) is 0.319. The Morgan fingerprint density at radius 2 is 1.87 bits per heavy atom. The van der Waals surface area contributed by atoms with Crippen molar-refractivity contribution in [3.63, 3.8) is 0 Å². The third-order valence-corrected chi connectivity index (χ3v) is 3.93. The number of aryl methyl sites for hydroxylation is 1. The summed E-state index contributed by atoms with van der Waals surface area (Å²) >= 11 is 5.47. The first kappa shape index (κ1) is 17.4. The van der Waals surface area contributed by atoms with Gasteiger partial charge < -0.3 is 9.30 Å². The number of ketones is 1. The molecule has 1 aromatic carbocycles. The Hall–Kier alpha value is -1.91. The molecule has 0 fully saturated rings. The largest absolute Gasteiger partial charge is 0.385 e. The van der Waals surface area contributed by atoms with E-state index in [1.165, 1.54) is 0 Å². The number of methoxy groups -OCH3 is 1. The first-order valence-electron chi connectivity index (χ1n) is 7.55. The summed E-state index contributed by atoms with van der Waals surface area (Å²) in [5.74, 6) is -0.662. The molecule has 0 radical (unpaired) electrons. The fourth-order valence-electron chi connectivity index (χ4n) is 2.66. The number of carbonyl (C=O) groups is 2. The molecule has 0 aliphatic heterocycles. The van der Waals surface area contributed by atoms with Crippen LogP contribution in [0.3, 0.4) is 0 Å². The van der Waals surface area contributed by atoms with Gasteiger partial charge in [-0.05, 0) is 43.0 Å². The van der Waals surface area contributed by atoms with Gasteiger partial charge in [-0.1, -0.05) is 30.3 Å². The van der Waals surface area contributed by atoms with Crippen molar-refractivity contribution in [3.8, 4) is 11.1 Å². The molecule has 23 heavy (non-hydrogen) atoms. The van der Waals surface area contributed by atoms with Crippen LogP contribution in [0.4, 0.5) is 0 Å². The lowest BCUT2D eigenvalue weighted by Gasteiger charge is -2.11. The Balaban J connectivity index is 2.43. The van der Waals surface area contributed by atoms with Crippen LogP contribution in [-0.2, 0) is 16.1 Å². The molecule has 0 amide bonds. The Kier molecular flexibility index (Phi) is 6.13. The number of Topliss-reactive ketones (excluding diaryl/α,β-unsaturated/α-hetero) is 1. The van der Waals surface area contributed by atoms with Crippen molar-refractivity contribution >= 4 is 22.6 Å². The highest BCUT2D eigenvalue weighted by Gasteiger charge is 2.24. The van der Waals surface area contributed by atoms with Crippen molar-refractivity contribution in [3.05, 3.63) is 47.8 Å². The molecule has 0 spiro atoms. The van der Waals surface area contributed by atoms with Crippen LogP contribution in [0.5, 0.6) is 0 Å². The van der Waals surface area contributed by atoms with Gasteiger partial charge in [-0.2, -0.15) is 0 Å². The van der Waals surface area contributed by atoms with Gasteiger partial charge in [0, 0.05) is 31.5 Å². The number of rotatable bonds is 8. The molecule has 0 atom stereocenters. The van der Waals surface area contributed by atoms with Crippen molar-refractivity contribution in [2.45, 2.75) is 26.3 Å². The average molecular weight is 334 g/mol. The molecule has 0 bridgehead atoms. The highest BCUT2D eigenvalue weighted by molar-refractivity contribution is 6.83. The molecule has 0 aliphatic rings. The molecular weight excluding hydrogens is 314 g/mol. The second kappa shape index (κ2) is 8.09. The average Bonchev–Trinajstić information content (AvgIpc) is 2.88. The number of benzene rings is 1. The van der Waals surface area contributed by atoms with Crippen molar-refractivity contribution in [1.29, 1.82) is 0 Å². The fraction of sp³-hybridized carbons (Fsp3) is 0.333. The van der Waals surface area contributed by atoms with E-state index in [1.54, 1.807) is 7.11 Å². The Morgan fingerprint density at radius 3 is 2.48 bits per heavy atom. The Labute approximate surface area is 141 Å². The highest BCUT2D eigenvalue weighted by Crippen LogP contribution is 2.28. The summed E-state index contributed by atoms with van der Waals surface area (Å²) in [6.07, 6.45) is 1.74. The third-order valence-electron chi connectivity index (χ3n) is 3.76. The topological polar surface area (TPSA) is 48.3 Å². The molecule has 1 aromatic heterocycles. The van der Waals surface area contributed by atoms with Crippen LogP contribution in [0.2, 0.25) is 0 Å². The first-order chi connectivity index (χ1) is 11.1. The number of carbonyl (C=O) groups excluding carboxylic acids is 2. The number of halogens is 1. The smallest absolute Gasteiger partial charge is 0.294 e. The zero-order valence-corrected chi connectivity index (χ0v) is 14.1. The molecule has 0 unspecified atom stereocenters. The molecule has 5 heteroatoms. The predicted molar refractivity (Wildman–Crippen MR) is 90.9 cm³/mol. The number of unbranched alkanes of at least 4 members (excludes halogenated alkanes) is 1. The Bertz CT molecular complexity index is 692. The molecule has 0 aliphatic carbocycles. The second-order valence-electron chi connectivity index (χ2n) is 5.37. The number of ether oxygens (including phenoxy) is 1. The van der Waals surface area contributed by atoms with Gasteiger partial charge in [-0.3, -0.25) is 9.59 Å². The molecular formula is C18H20ClNO3. The van der Waals surface area contributed by atoms with E-state index in [1.807, 2.05) is 47.9 Å². The Morgan fingerprint density at radius 1 is 1.17 bits per heavy atom. The summed E-state index contributed by atoms with van der Waals surface area (Å²) in [6.45, 7) is 3.25. The molecule has 2 aromatic rings. The minimum atomic E-state index is -0.960. The van der Waals surface area contributed by atoms with E-state index in [4.69, 9.17) is 16.3 Å². The van der Waals surface area contributed by atoms with Gasteiger partial charge in [-0.25, -0.2) is 0 Å². The van der Waals surface area contributed by atoms with Crippen LogP contribution >= 0.6 is 11.6 Å². The van der Waals surface area contributed by atoms with E-state index < -0.39 is 11.0 Å². The number of aromatic nitrogens is 1. The lowest BCUT2D eigenvalue weighted by Crippen LogP contribution is -2.16. The lowest BCUT2D eigenvalue weighted by molar-refractivity contribution is -0.108. The van der Waals surface area contributed by atoms with Gasteiger partial charge in [0.15, 0.2) is 0 Å². The van der Waals surface area contributed by atoms with Crippen molar-refractivity contribution in [2.24, 2.45) is 0 Å². The summed E-state index contributed by atoms with van der Waals surface area (Å²) in [4.78, 5) is 23.8. The highest BCUT2D eigenvalue weighted by atomic mass is 35.5. The van der Waals surface area contributed by atoms with E-state index in [2.05, 4.69) is 0 Å². The third kappa shape index (κ3) is 4.09. The van der Waals surface area contributed by atoms with E-state index in [0.717, 1.165) is 29.7 Å². The van der Waals surface area contributed by atoms with Gasteiger partial charge >= 0.3 is 0 Å². The molecule has 0 saturated carbocycles. The van der Waals surface area contributed by atoms with Crippen molar-refractivity contribution < 1.29 is 14.3 Å². The zero-order valence-electron chi connectivity index (χ0n) is 13.3. The SMILES string of the molecule is COCCCCn1c(C)cc(-c2ccccc2)c1C(=O)C(=O)Cl. The summed E-state index contributed by atoms with van der Waals surface area (Å²) in [6, 6.07) is 11.5. The van der Waals surface area contributed by atoms with E-state index in [0.29, 0.717) is 18.8 Å². The van der Waals surface area contributed by atoms with Crippen LogP contribution in [0, 0.1) is 6.92 Å². The monoisotopic (exact) mass is 333 g/mol. The lowest BCUT2D eigenvalue weighted by atomic mass is 10.0. The van der Waals surface area contributed by atoms with E-state index >= 15 is 0 Å². The van der Waals surface area contributed by atoms with Crippen molar-refractivity contribution in [2.75, 3.05) is 13.7 Å². The molecule has 0 N–H and O–H groups in total. The van der Waals surface area contributed by atoms with Gasteiger partial charge in [0.1, 0.15) is 5.69 Å². The standard InChI is InChI=1S/C18H20ClNO3/c1-13-12-15(14-8-4-3-5-9-14)16(17(21)18(19)22)20(13)10-6-7-11-23-2/h3-5,8-9,12H,6-7,10-11H2,1-2H3. The first-order valence-corrected chi connectivity index (χ1v) is 7.92. The van der Waals surface area contributed by atoms with Crippen LogP contribution in [-0.4, -0.2) is 29.3 Å². The summed E-state index contributed by atoms with van der Waals surface area (Å²) in [5, 5.41) is -0.960. The molecule has 0 saturated heterocycles. The summed E-state index contributed by atoms with van der Waals surface area (Å²) < 4.78 is 6.92. The van der Waals surface area contributed by atoms with Gasteiger partial charge in [0.05, 0.1) is 0 Å². The maximum Gasteiger partial charge on any atom is 0.294 e. The van der Waals surface area contributed by atoms with Gasteiger partial charge in [-0.15, -0.1) is 0 Å². The molecule has 2 rings (SSSR count). The number of hydrogen-bond acceptors (Lipinski definition) is 3. The summed E-state index contributed by atoms with van der Waals surface area (Å²) in [7, 11) is 1.66. The zero-order chi connectivity index (χ0) is 16.8. The fourth-order valence-corrected chi connectivity index (χ4v) is 2.75. The van der Waals surface area contributed by atoms with E-state index in [9.17, 15) is 9.59 Å². The number of nitrogens with zero attached hydrogens (tertiary/aromatic N) is 1. The number of hydrogen-bond donors (Lipinski definition) is 0. The van der Waals surface area contributed by atoms with Crippen LogP contribution in [0.25, 0.3) is 11.1 Å². The van der Waals surface area contributed by atoms with Gasteiger partial charge in [0.25, 0.3) is 11.0 Å². The maximum absolute atomic E-state index is 12.3. The van der Waals surface area contributed by atoms with Crippen molar-refractivity contribution in [1.82, 2.24) is 4.57 Å². The molecule has 4 nitrogen and oxygen atoms in total. The summed E-state index contributed by atoms with van der Waals surface area (Å²) in [5.41, 5.74) is 2.94. The predicted octanol–water partition coefficient (Wildman–Crippen LogP) is 3.84. The second-order valence-corrected chi connectivity index (χ2v) is 5.71.